The molecule has 0 N–H and O–H groups in total. The molecule has 3 heteroatoms. The van der Waals surface area contributed by atoms with Crippen LogP contribution < -0.4 is 10.2 Å². The highest BCUT2D eigenvalue weighted by Crippen LogP contribution is 2.34. The predicted octanol–water partition coefficient (Wildman–Crippen LogP) is 4.77. The maximum atomic E-state index is 12.8. The van der Waals surface area contributed by atoms with E-state index in [2.05, 4.69) is 13.8 Å². The first-order chi connectivity index (χ1) is 10.3. The molecule has 2 nitrogen and oxygen atoms in total. The Morgan fingerprint density at radius 3 is 2.67 bits per heavy atom. The Morgan fingerprint density at radius 1 is 1.10 bits per heavy atom. The summed E-state index contributed by atoms with van der Waals surface area (Å²) in [5.41, 5.74) is 1.22. The van der Waals surface area contributed by atoms with E-state index in [0.717, 1.165) is 44.3 Å². The number of fused-ring (bicyclic) bond motifs is 2. The second kappa shape index (κ2) is 5.86. The number of rotatable bonds is 4. The van der Waals surface area contributed by atoms with Crippen molar-refractivity contribution in [3.63, 3.8) is 0 Å². The van der Waals surface area contributed by atoms with Gasteiger partial charge in [0.2, 0.25) is 0 Å². The van der Waals surface area contributed by atoms with Crippen molar-refractivity contribution < 1.29 is 4.74 Å². The van der Waals surface area contributed by atoms with Crippen molar-refractivity contribution in [2.75, 3.05) is 6.61 Å². The number of aryl methyl sites for hydroxylation is 1. The van der Waals surface area contributed by atoms with E-state index < -0.39 is 0 Å². The Balaban J connectivity index is 2.40. The van der Waals surface area contributed by atoms with Gasteiger partial charge in [-0.3, -0.25) is 4.79 Å². The summed E-state index contributed by atoms with van der Waals surface area (Å²) in [4.78, 5) is 12.8. The predicted molar refractivity (Wildman–Crippen MR) is 90.8 cm³/mol. The quantitative estimate of drug-likeness (QED) is 0.649. The molecule has 2 aromatic carbocycles. The highest BCUT2D eigenvalue weighted by atomic mass is 32.1. The number of hydrogen-bond acceptors (Lipinski definition) is 3. The summed E-state index contributed by atoms with van der Waals surface area (Å²) in [5.74, 6) is 0.830. The number of ether oxygens (including phenoxy) is 1. The first kappa shape index (κ1) is 14.1. The van der Waals surface area contributed by atoms with E-state index in [1.165, 1.54) is 0 Å². The Labute approximate surface area is 128 Å². The summed E-state index contributed by atoms with van der Waals surface area (Å²) in [5, 5.41) is 1.63. The molecular weight excluding hydrogens is 280 g/mol. The molecule has 3 rings (SSSR count). The van der Waals surface area contributed by atoms with E-state index >= 15 is 0 Å². The molecule has 1 aromatic heterocycles. The average molecular weight is 298 g/mol. The standard InChI is InChI=1S/C18H18O2S/c1-3-11-20-14-10-9-12(4-2)16-17(19)13-7-5-6-8-15(13)21-18(14)16/h5-10H,3-4,11H2,1-2H3. The Bertz CT molecular complexity index is 849. The van der Waals surface area contributed by atoms with Gasteiger partial charge in [-0.25, -0.2) is 0 Å². The van der Waals surface area contributed by atoms with E-state index in [4.69, 9.17) is 4.74 Å². The zero-order chi connectivity index (χ0) is 14.8. The van der Waals surface area contributed by atoms with Crippen LogP contribution in [0.4, 0.5) is 0 Å². The van der Waals surface area contributed by atoms with Gasteiger partial charge in [-0.1, -0.05) is 32.0 Å². The van der Waals surface area contributed by atoms with Crippen LogP contribution in [-0.4, -0.2) is 6.61 Å². The third kappa shape index (κ3) is 2.42. The minimum atomic E-state index is 0.123. The van der Waals surface area contributed by atoms with Gasteiger partial charge in [0.05, 0.1) is 11.3 Å². The van der Waals surface area contributed by atoms with Crippen LogP contribution in [0, 0.1) is 0 Å². The van der Waals surface area contributed by atoms with Crippen LogP contribution in [0.25, 0.3) is 20.2 Å². The molecular formula is C18H18O2S. The Morgan fingerprint density at radius 2 is 1.90 bits per heavy atom. The topological polar surface area (TPSA) is 26.3 Å². The summed E-state index contributed by atoms with van der Waals surface area (Å²) in [6.07, 6.45) is 1.81. The fourth-order valence-electron chi connectivity index (χ4n) is 2.56. The summed E-state index contributed by atoms with van der Waals surface area (Å²) in [6, 6.07) is 11.8. The minimum absolute atomic E-state index is 0.123. The smallest absolute Gasteiger partial charge is 0.196 e. The van der Waals surface area contributed by atoms with Crippen LogP contribution in [0.5, 0.6) is 5.75 Å². The fourth-order valence-corrected chi connectivity index (χ4v) is 3.75. The molecule has 3 aromatic rings. The molecule has 1 heterocycles. The normalized spacial score (nSPS) is 11.1. The number of benzene rings is 2. The molecule has 0 aliphatic rings. The summed E-state index contributed by atoms with van der Waals surface area (Å²) < 4.78 is 7.84. The zero-order valence-corrected chi connectivity index (χ0v) is 13.1. The maximum Gasteiger partial charge on any atom is 0.196 e. The van der Waals surface area contributed by atoms with Crippen LogP contribution in [0.15, 0.2) is 41.2 Å². The third-order valence-corrected chi connectivity index (χ3v) is 4.81. The SMILES string of the molecule is CCCOc1ccc(CC)c2c(=O)c3ccccc3sc12. The lowest BCUT2D eigenvalue weighted by molar-refractivity contribution is 0.321. The van der Waals surface area contributed by atoms with Crippen LogP contribution in [-0.2, 0) is 6.42 Å². The lowest BCUT2D eigenvalue weighted by atomic mass is 10.1. The first-order valence-corrected chi connectivity index (χ1v) is 8.18. The summed E-state index contributed by atoms with van der Waals surface area (Å²) >= 11 is 1.65. The van der Waals surface area contributed by atoms with Crippen molar-refractivity contribution in [1.29, 1.82) is 0 Å². The van der Waals surface area contributed by atoms with Gasteiger partial charge in [0.25, 0.3) is 0 Å². The largest absolute Gasteiger partial charge is 0.492 e. The van der Waals surface area contributed by atoms with Gasteiger partial charge in [-0.05, 0) is 36.6 Å². The second-order valence-corrected chi connectivity index (χ2v) is 6.11. The van der Waals surface area contributed by atoms with Gasteiger partial charge in [0.1, 0.15) is 5.75 Å². The van der Waals surface area contributed by atoms with Gasteiger partial charge in [-0.15, -0.1) is 11.3 Å². The Kier molecular flexibility index (Phi) is 3.93. The molecule has 21 heavy (non-hydrogen) atoms. The summed E-state index contributed by atoms with van der Waals surface area (Å²) in [7, 11) is 0. The monoisotopic (exact) mass is 298 g/mol. The summed E-state index contributed by atoms with van der Waals surface area (Å²) in [6.45, 7) is 4.84. The molecule has 108 valence electrons. The van der Waals surface area contributed by atoms with Crippen molar-refractivity contribution in [2.24, 2.45) is 0 Å². The third-order valence-electron chi connectivity index (χ3n) is 3.62. The van der Waals surface area contributed by atoms with E-state index in [1.54, 1.807) is 11.3 Å². The lowest BCUT2D eigenvalue weighted by Gasteiger charge is -2.11. The molecule has 0 saturated carbocycles. The van der Waals surface area contributed by atoms with Crippen LogP contribution in [0.2, 0.25) is 0 Å². The van der Waals surface area contributed by atoms with Gasteiger partial charge in [0, 0.05) is 15.5 Å². The molecule has 0 amide bonds. The Hall–Kier alpha value is -1.87. The van der Waals surface area contributed by atoms with E-state index in [9.17, 15) is 4.79 Å². The molecule has 0 aliphatic heterocycles. The first-order valence-electron chi connectivity index (χ1n) is 7.36. The average Bonchev–Trinajstić information content (AvgIpc) is 2.53. The molecule has 0 radical (unpaired) electrons. The van der Waals surface area contributed by atoms with Crippen molar-refractivity contribution in [1.82, 2.24) is 0 Å². The van der Waals surface area contributed by atoms with Crippen molar-refractivity contribution >= 4 is 31.5 Å². The molecule has 0 fully saturated rings. The van der Waals surface area contributed by atoms with E-state index in [1.807, 2.05) is 36.4 Å². The molecule has 0 unspecified atom stereocenters. The molecule has 0 aliphatic carbocycles. The van der Waals surface area contributed by atoms with Gasteiger partial charge >= 0.3 is 0 Å². The lowest BCUT2D eigenvalue weighted by Crippen LogP contribution is -2.05. The highest BCUT2D eigenvalue weighted by Gasteiger charge is 2.13. The number of hydrogen-bond donors (Lipinski definition) is 0. The van der Waals surface area contributed by atoms with Crippen LogP contribution in [0.3, 0.4) is 0 Å². The zero-order valence-electron chi connectivity index (χ0n) is 12.3. The van der Waals surface area contributed by atoms with E-state index in [0.29, 0.717) is 6.61 Å². The molecule has 0 bridgehead atoms. The van der Waals surface area contributed by atoms with Gasteiger partial charge in [0.15, 0.2) is 5.43 Å². The maximum absolute atomic E-state index is 12.8. The van der Waals surface area contributed by atoms with E-state index in [-0.39, 0.29) is 5.43 Å². The highest BCUT2D eigenvalue weighted by molar-refractivity contribution is 7.24. The second-order valence-electron chi connectivity index (χ2n) is 5.06. The molecule has 0 saturated heterocycles. The van der Waals surface area contributed by atoms with Crippen molar-refractivity contribution in [3.8, 4) is 5.75 Å². The fraction of sp³-hybridized carbons (Fsp3) is 0.278. The van der Waals surface area contributed by atoms with Gasteiger partial charge < -0.3 is 4.74 Å². The minimum Gasteiger partial charge on any atom is -0.492 e. The molecule has 0 atom stereocenters. The molecule has 0 spiro atoms. The van der Waals surface area contributed by atoms with Crippen molar-refractivity contribution in [3.05, 3.63) is 52.2 Å². The van der Waals surface area contributed by atoms with Crippen LogP contribution in [0.1, 0.15) is 25.8 Å². The van der Waals surface area contributed by atoms with Crippen molar-refractivity contribution in [2.45, 2.75) is 26.7 Å². The van der Waals surface area contributed by atoms with Crippen LogP contribution >= 0.6 is 11.3 Å². The van der Waals surface area contributed by atoms with Gasteiger partial charge in [-0.2, -0.15) is 0 Å².